The predicted molar refractivity (Wildman–Crippen MR) is 67.6 cm³/mol. The minimum atomic E-state index is 0.289. The van der Waals surface area contributed by atoms with Crippen molar-refractivity contribution in [1.82, 2.24) is 15.0 Å². The van der Waals surface area contributed by atoms with E-state index in [9.17, 15) is 0 Å². The van der Waals surface area contributed by atoms with Gasteiger partial charge in [-0.2, -0.15) is 0 Å². The van der Waals surface area contributed by atoms with Crippen LogP contribution in [-0.2, 0) is 12.8 Å². The lowest BCUT2D eigenvalue weighted by molar-refractivity contribution is 0.381. The molecule has 1 heterocycles. The number of hydrogen-bond acceptors (Lipinski definition) is 2. The van der Waals surface area contributed by atoms with Gasteiger partial charge in [0.1, 0.15) is 0 Å². The average molecular weight is 223 g/mol. The van der Waals surface area contributed by atoms with Gasteiger partial charge in [0.05, 0.1) is 11.4 Å². The number of aromatic nitrogens is 3. The fourth-order valence-electron chi connectivity index (χ4n) is 1.88. The van der Waals surface area contributed by atoms with Gasteiger partial charge in [0.2, 0.25) is 0 Å². The Labute approximate surface area is 99.2 Å². The maximum Gasteiger partial charge on any atom is 0.0859 e. The summed E-state index contributed by atoms with van der Waals surface area (Å²) in [6.45, 7) is 13.3. The first-order valence-corrected chi connectivity index (χ1v) is 6.28. The molecule has 92 valence electrons. The van der Waals surface area contributed by atoms with Crippen molar-refractivity contribution < 1.29 is 0 Å². The Bertz CT molecular complexity index is 331. The topological polar surface area (TPSA) is 30.7 Å². The molecule has 0 atom stereocenters. The van der Waals surface area contributed by atoms with Crippen molar-refractivity contribution in [2.75, 3.05) is 0 Å². The highest BCUT2D eigenvalue weighted by Crippen LogP contribution is 2.24. The van der Waals surface area contributed by atoms with Gasteiger partial charge in [0.25, 0.3) is 0 Å². The van der Waals surface area contributed by atoms with Crippen molar-refractivity contribution in [3.05, 3.63) is 11.4 Å². The minimum Gasteiger partial charge on any atom is -0.247 e. The molecule has 0 amide bonds. The van der Waals surface area contributed by atoms with Crippen molar-refractivity contribution in [3.8, 4) is 0 Å². The molecule has 3 heteroatoms. The highest BCUT2D eigenvalue weighted by molar-refractivity contribution is 5.13. The van der Waals surface area contributed by atoms with Crippen LogP contribution in [0.5, 0.6) is 0 Å². The number of rotatable bonds is 4. The first-order valence-electron chi connectivity index (χ1n) is 6.28. The lowest BCUT2D eigenvalue weighted by Crippen LogP contribution is -2.16. The normalized spacial score (nSPS) is 12.4. The second-order valence-corrected chi connectivity index (χ2v) is 6.01. The van der Waals surface area contributed by atoms with Crippen molar-refractivity contribution in [3.63, 3.8) is 0 Å². The molecule has 0 N–H and O–H groups in total. The van der Waals surface area contributed by atoms with E-state index in [2.05, 4.69) is 56.5 Å². The summed E-state index contributed by atoms with van der Waals surface area (Å²) in [4.78, 5) is 0. The molecule has 0 saturated heterocycles. The van der Waals surface area contributed by atoms with Gasteiger partial charge in [0.15, 0.2) is 0 Å². The van der Waals surface area contributed by atoms with E-state index in [0.29, 0.717) is 6.04 Å². The van der Waals surface area contributed by atoms with Crippen molar-refractivity contribution in [2.24, 2.45) is 5.41 Å². The van der Waals surface area contributed by atoms with Crippen LogP contribution in [0.2, 0.25) is 0 Å². The third kappa shape index (κ3) is 3.32. The fourth-order valence-corrected chi connectivity index (χ4v) is 1.88. The second kappa shape index (κ2) is 4.98. The van der Waals surface area contributed by atoms with Crippen LogP contribution in [0.15, 0.2) is 0 Å². The SMILES string of the molecule is CCCc1nnn(C(C)C)c1CC(C)(C)C. The predicted octanol–water partition coefficient (Wildman–Crippen LogP) is 3.40. The number of hydrogen-bond donors (Lipinski definition) is 0. The third-order valence-electron chi connectivity index (χ3n) is 2.55. The molecule has 0 aromatic carbocycles. The van der Waals surface area contributed by atoms with E-state index in [4.69, 9.17) is 0 Å². The molecule has 0 radical (unpaired) electrons. The molecule has 0 aliphatic rings. The highest BCUT2D eigenvalue weighted by Gasteiger charge is 2.20. The van der Waals surface area contributed by atoms with Crippen LogP contribution in [0.3, 0.4) is 0 Å². The molecule has 0 unspecified atom stereocenters. The second-order valence-electron chi connectivity index (χ2n) is 6.01. The summed E-state index contributed by atoms with van der Waals surface area (Å²) in [7, 11) is 0. The molecule has 16 heavy (non-hydrogen) atoms. The Kier molecular flexibility index (Phi) is 4.11. The van der Waals surface area contributed by atoms with Gasteiger partial charge in [-0.1, -0.05) is 39.3 Å². The standard InChI is InChI=1S/C13H25N3/c1-7-8-11-12(9-13(4,5)6)16(10(2)3)15-14-11/h10H,7-9H2,1-6H3. The minimum absolute atomic E-state index is 0.289. The maximum atomic E-state index is 4.32. The Hall–Kier alpha value is -0.860. The summed E-state index contributed by atoms with van der Waals surface area (Å²) in [6, 6.07) is 0.399. The zero-order valence-electron chi connectivity index (χ0n) is 11.5. The van der Waals surface area contributed by atoms with Gasteiger partial charge in [-0.05, 0) is 32.1 Å². The molecular weight excluding hydrogens is 198 g/mol. The van der Waals surface area contributed by atoms with Crippen LogP contribution >= 0.6 is 0 Å². The summed E-state index contributed by atoms with van der Waals surface area (Å²) >= 11 is 0. The van der Waals surface area contributed by atoms with Gasteiger partial charge in [-0.25, -0.2) is 4.68 Å². The van der Waals surface area contributed by atoms with E-state index in [1.807, 2.05) is 0 Å². The highest BCUT2D eigenvalue weighted by atomic mass is 15.4. The van der Waals surface area contributed by atoms with Crippen LogP contribution in [0.4, 0.5) is 0 Å². The monoisotopic (exact) mass is 223 g/mol. The lowest BCUT2D eigenvalue weighted by Gasteiger charge is -2.20. The smallest absolute Gasteiger partial charge is 0.0859 e. The average Bonchev–Trinajstić information content (AvgIpc) is 2.47. The molecule has 0 spiro atoms. The zero-order valence-corrected chi connectivity index (χ0v) is 11.5. The Morgan fingerprint density at radius 1 is 1.25 bits per heavy atom. The summed E-state index contributed by atoms with van der Waals surface area (Å²) in [5.41, 5.74) is 2.80. The van der Waals surface area contributed by atoms with E-state index in [0.717, 1.165) is 19.3 Å². The molecule has 3 nitrogen and oxygen atoms in total. The largest absolute Gasteiger partial charge is 0.247 e. The van der Waals surface area contributed by atoms with Gasteiger partial charge in [-0.3, -0.25) is 0 Å². The van der Waals surface area contributed by atoms with Crippen LogP contribution in [0.25, 0.3) is 0 Å². The van der Waals surface area contributed by atoms with E-state index in [1.165, 1.54) is 11.4 Å². The van der Waals surface area contributed by atoms with Crippen molar-refractivity contribution in [1.29, 1.82) is 0 Å². The first-order chi connectivity index (χ1) is 7.35. The van der Waals surface area contributed by atoms with Crippen LogP contribution in [0, 0.1) is 5.41 Å². The van der Waals surface area contributed by atoms with E-state index in [-0.39, 0.29) is 5.41 Å². The van der Waals surface area contributed by atoms with Gasteiger partial charge in [-0.15, -0.1) is 5.10 Å². The molecular formula is C13H25N3. The van der Waals surface area contributed by atoms with Crippen LogP contribution in [-0.4, -0.2) is 15.0 Å². The van der Waals surface area contributed by atoms with Crippen LogP contribution < -0.4 is 0 Å². The fraction of sp³-hybridized carbons (Fsp3) is 0.846. The van der Waals surface area contributed by atoms with Crippen molar-refractivity contribution in [2.45, 2.75) is 66.8 Å². The van der Waals surface area contributed by atoms with E-state index in [1.54, 1.807) is 0 Å². The van der Waals surface area contributed by atoms with Crippen LogP contribution in [0.1, 0.15) is 65.4 Å². The Morgan fingerprint density at radius 3 is 2.31 bits per heavy atom. The van der Waals surface area contributed by atoms with Crippen molar-refractivity contribution >= 4 is 0 Å². The maximum absolute atomic E-state index is 4.32. The van der Waals surface area contributed by atoms with Gasteiger partial charge >= 0.3 is 0 Å². The van der Waals surface area contributed by atoms with E-state index >= 15 is 0 Å². The lowest BCUT2D eigenvalue weighted by atomic mass is 9.89. The summed E-state index contributed by atoms with van der Waals surface area (Å²) in [6.07, 6.45) is 3.22. The molecule has 1 rings (SSSR count). The molecule has 0 aliphatic heterocycles. The van der Waals surface area contributed by atoms with E-state index < -0.39 is 0 Å². The molecule has 1 aromatic rings. The summed E-state index contributed by atoms with van der Waals surface area (Å²) in [5, 5.41) is 8.61. The first kappa shape index (κ1) is 13.2. The zero-order chi connectivity index (χ0) is 12.3. The summed E-state index contributed by atoms with van der Waals surface area (Å²) in [5.74, 6) is 0. The van der Waals surface area contributed by atoms with Gasteiger partial charge < -0.3 is 0 Å². The molecule has 0 saturated carbocycles. The number of aryl methyl sites for hydroxylation is 1. The molecule has 0 aliphatic carbocycles. The number of nitrogens with zero attached hydrogens (tertiary/aromatic N) is 3. The van der Waals surface area contributed by atoms with Gasteiger partial charge in [0, 0.05) is 6.04 Å². The molecule has 0 bridgehead atoms. The molecule has 0 fully saturated rings. The third-order valence-corrected chi connectivity index (χ3v) is 2.55. The quantitative estimate of drug-likeness (QED) is 0.783. The molecule has 1 aromatic heterocycles. The Balaban J connectivity index is 3.04. The Morgan fingerprint density at radius 2 is 1.88 bits per heavy atom. The summed E-state index contributed by atoms with van der Waals surface area (Å²) < 4.78 is 2.08.